The van der Waals surface area contributed by atoms with Gasteiger partial charge in [-0.15, -0.1) is 0 Å². The maximum Gasteiger partial charge on any atom is 0.264 e. The summed E-state index contributed by atoms with van der Waals surface area (Å²) in [5.41, 5.74) is 2.20. The number of hydrogen-bond donors (Lipinski definition) is 1. The van der Waals surface area contributed by atoms with Gasteiger partial charge < -0.3 is 9.84 Å². The molecule has 2 aliphatic heterocycles. The van der Waals surface area contributed by atoms with Crippen LogP contribution in [0.5, 0.6) is 5.75 Å². The molecule has 0 radical (unpaired) electrons. The fraction of sp³-hybridized carbons (Fsp3) is 0.478. The van der Waals surface area contributed by atoms with Crippen LogP contribution >= 0.6 is 0 Å². The van der Waals surface area contributed by atoms with Gasteiger partial charge in [0.05, 0.1) is 22.9 Å². The van der Waals surface area contributed by atoms with Crippen molar-refractivity contribution in [1.82, 2.24) is 0 Å². The lowest BCUT2D eigenvalue weighted by atomic mass is 9.94. The molecule has 2 aromatic rings. The first-order valence-corrected chi connectivity index (χ1v) is 14.1. The second-order valence-corrected chi connectivity index (χ2v) is 12.4. The highest BCUT2D eigenvalue weighted by Gasteiger charge is 2.39. The standard InChI is InChI=1S/C23H29NO6S2/c1-3-16-5-9-21-17(13-16)6-7-19(4-2)24(21)32(28,29)20-8-10-22(18(14-20)15-25)30-23-11-12-31(23,26)27/h5,8-10,13-14,19,23,25H,3-4,6-7,11-12,15H2,1-2H3. The van der Waals surface area contributed by atoms with Gasteiger partial charge in [0, 0.05) is 18.0 Å². The van der Waals surface area contributed by atoms with Gasteiger partial charge in [0.2, 0.25) is 0 Å². The number of anilines is 1. The molecule has 0 spiro atoms. The fourth-order valence-electron chi connectivity index (χ4n) is 4.35. The van der Waals surface area contributed by atoms with Crippen LogP contribution in [0.25, 0.3) is 0 Å². The Kier molecular flexibility index (Phi) is 6.26. The smallest absolute Gasteiger partial charge is 0.264 e. The number of rotatable bonds is 7. The zero-order valence-corrected chi connectivity index (χ0v) is 20.0. The number of aliphatic hydroxyl groups is 1. The molecule has 0 aliphatic carbocycles. The van der Waals surface area contributed by atoms with Crippen molar-refractivity contribution in [2.45, 2.75) is 68.9 Å². The molecule has 32 heavy (non-hydrogen) atoms. The Morgan fingerprint density at radius 2 is 1.91 bits per heavy atom. The molecule has 1 N–H and O–H groups in total. The van der Waals surface area contributed by atoms with Crippen LogP contribution in [0.15, 0.2) is 41.3 Å². The number of sulfonamides is 1. The Morgan fingerprint density at radius 3 is 2.50 bits per heavy atom. The van der Waals surface area contributed by atoms with Crippen molar-refractivity contribution in [2.75, 3.05) is 10.1 Å². The van der Waals surface area contributed by atoms with Crippen molar-refractivity contribution in [1.29, 1.82) is 0 Å². The zero-order valence-electron chi connectivity index (χ0n) is 18.3. The summed E-state index contributed by atoms with van der Waals surface area (Å²) in [5, 5.41) is 9.83. The molecule has 2 aliphatic rings. The van der Waals surface area contributed by atoms with Crippen LogP contribution < -0.4 is 9.04 Å². The normalized spacial score (nSPS) is 22.2. The molecular formula is C23H29NO6S2. The Morgan fingerprint density at radius 1 is 1.12 bits per heavy atom. The SMILES string of the molecule is CCc1ccc2c(c1)CCC(CC)N2S(=O)(=O)c1ccc(OC2CCS2(=O)=O)c(CO)c1. The molecule has 2 aromatic carbocycles. The molecule has 2 heterocycles. The van der Waals surface area contributed by atoms with Crippen molar-refractivity contribution >= 4 is 25.5 Å². The molecule has 174 valence electrons. The van der Waals surface area contributed by atoms with E-state index in [-0.39, 0.29) is 28.0 Å². The predicted molar refractivity (Wildman–Crippen MR) is 123 cm³/mol. The van der Waals surface area contributed by atoms with E-state index in [9.17, 15) is 21.9 Å². The number of hydrogen-bond acceptors (Lipinski definition) is 6. The lowest BCUT2D eigenvalue weighted by Gasteiger charge is -2.38. The molecule has 0 aromatic heterocycles. The highest BCUT2D eigenvalue weighted by atomic mass is 32.2. The molecule has 0 amide bonds. The lowest BCUT2D eigenvalue weighted by molar-refractivity contribution is 0.232. The highest BCUT2D eigenvalue weighted by molar-refractivity contribution is 7.93. The maximum absolute atomic E-state index is 13.8. The number of benzene rings is 2. The summed E-state index contributed by atoms with van der Waals surface area (Å²) in [6.45, 7) is 3.59. The van der Waals surface area contributed by atoms with Crippen molar-refractivity contribution < 1.29 is 26.7 Å². The van der Waals surface area contributed by atoms with Gasteiger partial charge in [-0.2, -0.15) is 0 Å². The van der Waals surface area contributed by atoms with E-state index < -0.39 is 31.9 Å². The van der Waals surface area contributed by atoms with Crippen LogP contribution in [0, 0.1) is 0 Å². The van der Waals surface area contributed by atoms with Crippen LogP contribution in [0.3, 0.4) is 0 Å². The first-order valence-electron chi connectivity index (χ1n) is 11.0. The summed E-state index contributed by atoms with van der Waals surface area (Å²) in [4.78, 5) is 0.0521. The molecule has 7 nitrogen and oxygen atoms in total. The van der Waals surface area contributed by atoms with Crippen molar-refractivity contribution in [3.05, 3.63) is 53.1 Å². The minimum absolute atomic E-state index is 0.0521. The molecule has 1 saturated heterocycles. The van der Waals surface area contributed by atoms with E-state index in [4.69, 9.17) is 4.74 Å². The van der Waals surface area contributed by atoms with E-state index in [0.717, 1.165) is 24.8 Å². The van der Waals surface area contributed by atoms with Gasteiger partial charge >= 0.3 is 0 Å². The van der Waals surface area contributed by atoms with Crippen molar-refractivity contribution in [3.63, 3.8) is 0 Å². The van der Waals surface area contributed by atoms with E-state index in [0.29, 0.717) is 18.5 Å². The van der Waals surface area contributed by atoms with Crippen molar-refractivity contribution in [2.24, 2.45) is 0 Å². The van der Waals surface area contributed by atoms with Gasteiger partial charge in [-0.3, -0.25) is 4.31 Å². The van der Waals surface area contributed by atoms with E-state index in [1.807, 2.05) is 19.1 Å². The minimum atomic E-state index is -3.90. The summed E-state index contributed by atoms with van der Waals surface area (Å²) < 4.78 is 58.2. The van der Waals surface area contributed by atoms with Gasteiger partial charge in [0.25, 0.3) is 10.0 Å². The zero-order chi connectivity index (χ0) is 23.1. The molecule has 2 atom stereocenters. The molecule has 9 heteroatoms. The first kappa shape index (κ1) is 23.1. The van der Waals surface area contributed by atoms with Gasteiger partial charge in [0.15, 0.2) is 15.3 Å². The van der Waals surface area contributed by atoms with E-state index in [1.165, 1.54) is 28.1 Å². The first-order chi connectivity index (χ1) is 15.2. The largest absolute Gasteiger partial charge is 0.474 e. The fourth-order valence-corrected chi connectivity index (χ4v) is 7.26. The summed E-state index contributed by atoms with van der Waals surface area (Å²) in [6, 6.07) is 10.0. The minimum Gasteiger partial charge on any atom is -0.474 e. The molecule has 2 unspecified atom stereocenters. The monoisotopic (exact) mass is 479 g/mol. The topological polar surface area (TPSA) is 101 Å². The van der Waals surface area contributed by atoms with Crippen molar-refractivity contribution in [3.8, 4) is 5.75 Å². The highest BCUT2D eigenvalue weighted by Crippen LogP contribution is 2.38. The second-order valence-electron chi connectivity index (χ2n) is 8.35. The Hall–Kier alpha value is -2.10. The second kappa shape index (κ2) is 8.68. The summed E-state index contributed by atoms with van der Waals surface area (Å²) in [7, 11) is -7.18. The van der Waals surface area contributed by atoms with Crippen LogP contribution in [0.4, 0.5) is 5.69 Å². The van der Waals surface area contributed by atoms with E-state index in [2.05, 4.69) is 13.0 Å². The van der Waals surface area contributed by atoms with Crippen LogP contribution in [-0.2, 0) is 39.3 Å². The summed E-state index contributed by atoms with van der Waals surface area (Å²) in [6.07, 6.45) is 3.52. The Bertz CT molecular complexity index is 1220. The summed E-state index contributed by atoms with van der Waals surface area (Å²) in [5.74, 6) is 0.267. The Balaban J connectivity index is 1.72. The third-order valence-electron chi connectivity index (χ3n) is 6.40. The number of ether oxygens (including phenoxy) is 1. The van der Waals surface area contributed by atoms with Crippen LogP contribution in [0.1, 0.15) is 49.8 Å². The van der Waals surface area contributed by atoms with Gasteiger partial charge in [-0.25, -0.2) is 16.8 Å². The third-order valence-corrected chi connectivity index (χ3v) is 10.2. The van der Waals surface area contributed by atoms with Crippen LogP contribution in [-0.4, -0.2) is 39.2 Å². The number of aliphatic hydroxyl groups excluding tert-OH is 1. The maximum atomic E-state index is 13.8. The lowest BCUT2D eigenvalue weighted by Crippen LogP contribution is -2.43. The predicted octanol–water partition coefficient (Wildman–Crippen LogP) is 3.18. The van der Waals surface area contributed by atoms with Crippen LogP contribution in [0.2, 0.25) is 0 Å². The quantitative estimate of drug-likeness (QED) is 0.655. The molecular weight excluding hydrogens is 450 g/mol. The van der Waals surface area contributed by atoms with Gasteiger partial charge in [-0.05, 0) is 61.1 Å². The number of sulfone groups is 1. The third kappa shape index (κ3) is 4.02. The average Bonchev–Trinajstić information content (AvgIpc) is 2.80. The molecule has 0 saturated carbocycles. The van der Waals surface area contributed by atoms with E-state index >= 15 is 0 Å². The molecule has 4 rings (SSSR count). The van der Waals surface area contributed by atoms with Gasteiger partial charge in [0.1, 0.15) is 5.75 Å². The van der Waals surface area contributed by atoms with E-state index in [1.54, 1.807) is 0 Å². The Labute approximate surface area is 190 Å². The number of aryl methyl sites for hydroxylation is 2. The molecule has 1 fully saturated rings. The van der Waals surface area contributed by atoms with Gasteiger partial charge in [-0.1, -0.05) is 26.0 Å². The average molecular weight is 480 g/mol. The molecule has 0 bridgehead atoms. The number of fused-ring (bicyclic) bond motifs is 1. The summed E-state index contributed by atoms with van der Waals surface area (Å²) >= 11 is 0. The number of nitrogens with zero attached hydrogens (tertiary/aromatic N) is 1.